The zero-order valence-corrected chi connectivity index (χ0v) is 16.1. The fourth-order valence-electron chi connectivity index (χ4n) is 2.62. The lowest BCUT2D eigenvalue weighted by atomic mass is 9.98. The van der Waals surface area contributed by atoms with E-state index in [2.05, 4.69) is 21.1 Å². The van der Waals surface area contributed by atoms with E-state index >= 15 is 0 Å². The topological polar surface area (TPSA) is 86.2 Å². The SMILES string of the molecule is Cc1cc(-c2noc(C)c2-c2cc(F)c(S(N)(=O)=O)cc2F)ccc1Br. The first-order chi connectivity index (χ1) is 12.1. The summed E-state index contributed by atoms with van der Waals surface area (Å²) in [6, 6.07) is 6.72. The van der Waals surface area contributed by atoms with E-state index in [0.717, 1.165) is 16.1 Å². The van der Waals surface area contributed by atoms with Gasteiger partial charge in [0, 0.05) is 15.6 Å². The minimum Gasteiger partial charge on any atom is -0.360 e. The highest BCUT2D eigenvalue weighted by Gasteiger charge is 2.24. The van der Waals surface area contributed by atoms with E-state index in [1.54, 1.807) is 19.1 Å². The molecular weight excluding hydrogens is 430 g/mol. The molecule has 0 saturated heterocycles. The van der Waals surface area contributed by atoms with Gasteiger partial charge in [0.05, 0.1) is 5.56 Å². The lowest BCUT2D eigenvalue weighted by Crippen LogP contribution is -2.14. The number of aryl methyl sites for hydroxylation is 2. The molecule has 0 saturated carbocycles. The molecule has 5 nitrogen and oxygen atoms in total. The van der Waals surface area contributed by atoms with Crippen molar-refractivity contribution < 1.29 is 21.7 Å². The van der Waals surface area contributed by atoms with Gasteiger partial charge in [-0.25, -0.2) is 22.3 Å². The van der Waals surface area contributed by atoms with E-state index in [1.165, 1.54) is 0 Å². The summed E-state index contributed by atoms with van der Waals surface area (Å²) in [6.45, 7) is 3.43. The molecule has 0 aliphatic heterocycles. The Morgan fingerprint density at radius 2 is 1.81 bits per heavy atom. The van der Waals surface area contributed by atoms with Gasteiger partial charge in [-0.1, -0.05) is 27.2 Å². The summed E-state index contributed by atoms with van der Waals surface area (Å²) in [5.74, 6) is -1.83. The first kappa shape index (κ1) is 18.7. The number of aromatic nitrogens is 1. The van der Waals surface area contributed by atoms with Gasteiger partial charge in [0.15, 0.2) is 0 Å². The van der Waals surface area contributed by atoms with E-state index in [4.69, 9.17) is 9.66 Å². The average molecular weight is 443 g/mol. The summed E-state index contributed by atoms with van der Waals surface area (Å²) >= 11 is 3.40. The number of nitrogens with zero attached hydrogens (tertiary/aromatic N) is 1. The number of hydrogen-bond donors (Lipinski definition) is 1. The average Bonchev–Trinajstić information content (AvgIpc) is 2.92. The van der Waals surface area contributed by atoms with E-state index in [0.29, 0.717) is 17.3 Å². The summed E-state index contributed by atoms with van der Waals surface area (Å²) in [6.07, 6.45) is 0. The highest BCUT2D eigenvalue weighted by atomic mass is 79.9. The van der Waals surface area contributed by atoms with Gasteiger partial charge in [-0.05, 0) is 43.7 Å². The van der Waals surface area contributed by atoms with Crippen LogP contribution in [0.4, 0.5) is 8.78 Å². The first-order valence-corrected chi connectivity index (χ1v) is 9.68. The third kappa shape index (κ3) is 3.29. The summed E-state index contributed by atoms with van der Waals surface area (Å²) in [5, 5.41) is 8.86. The van der Waals surface area contributed by atoms with E-state index in [1.807, 2.05) is 13.0 Å². The molecule has 0 spiro atoms. The number of benzene rings is 2. The molecule has 1 aromatic heterocycles. The van der Waals surface area contributed by atoms with Crippen LogP contribution in [0.15, 0.2) is 44.2 Å². The Bertz CT molecular complexity index is 1130. The summed E-state index contributed by atoms with van der Waals surface area (Å²) in [7, 11) is -4.38. The van der Waals surface area contributed by atoms with E-state index < -0.39 is 26.6 Å². The van der Waals surface area contributed by atoms with Crippen LogP contribution in [0.1, 0.15) is 11.3 Å². The molecule has 3 rings (SSSR count). The monoisotopic (exact) mass is 442 g/mol. The highest BCUT2D eigenvalue weighted by molar-refractivity contribution is 9.10. The molecule has 1 heterocycles. The molecule has 0 aliphatic rings. The number of primary sulfonamides is 1. The van der Waals surface area contributed by atoms with Gasteiger partial charge >= 0.3 is 0 Å². The predicted molar refractivity (Wildman–Crippen MR) is 95.8 cm³/mol. The van der Waals surface area contributed by atoms with Gasteiger partial charge in [-0.3, -0.25) is 0 Å². The van der Waals surface area contributed by atoms with Crippen LogP contribution in [0.2, 0.25) is 0 Å². The smallest absolute Gasteiger partial charge is 0.241 e. The zero-order chi connectivity index (χ0) is 19.2. The molecule has 0 radical (unpaired) electrons. The molecule has 0 aliphatic carbocycles. The molecular formula is C17H13BrF2N2O3S. The standard InChI is InChI=1S/C17H13BrF2N2O3S/c1-8-5-10(3-4-12(8)18)17-16(9(2)25-22-17)11-6-14(20)15(7-13(11)19)26(21,23)24/h3-7H,1-2H3,(H2,21,23,24). The molecule has 26 heavy (non-hydrogen) atoms. The molecule has 0 bridgehead atoms. The minimum atomic E-state index is -4.38. The highest BCUT2D eigenvalue weighted by Crippen LogP contribution is 2.37. The maximum Gasteiger partial charge on any atom is 0.241 e. The molecule has 0 fully saturated rings. The molecule has 0 unspecified atom stereocenters. The second-order valence-electron chi connectivity index (χ2n) is 5.73. The largest absolute Gasteiger partial charge is 0.360 e. The lowest BCUT2D eigenvalue weighted by molar-refractivity contribution is 0.400. The van der Waals surface area contributed by atoms with Gasteiger partial charge in [0.2, 0.25) is 10.0 Å². The molecule has 2 N–H and O–H groups in total. The van der Waals surface area contributed by atoms with E-state index in [-0.39, 0.29) is 16.9 Å². The maximum absolute atomic E-state index is 14.6. The molecule has 0 amide bonds. The third-order valence-electron chi connectivity index (χ3n) is 3.89. The summed E-state index contributed by atoms with van der Waals surface area (Å²) in [4.78, 5) is -0.908. The fraction of sp³-hybridized carbons (Fsp3) is 0.118. The van der Waals surface area contributed by atoms with Crippen molar-refractivity contribution in [2.75, 3.05) is 0 Å². The van der Waals surface area contributed by atoms with Crippen molar-refractivity contribution in [3.63, 3.8) is 0 Å². The number of rotatable bonds is 3. The second kappa shape index (κ2) is 6.57. The maximum atomic E-state index is 14.6. The number of nitrogens with two attached hydrogens (primary N) is 1. The zero-order valence-electron chi connectivity index (χ0n) is 13.7. The van der Waals surface area contributed by atoms with Crippen LogP contribution in [-0.4, -0.2) is 13.6 Å². The summed E-state index contributed by atoms with van der Waals surface area (Å²) in [5.41, 5.74) is 1.96. The van der Waals surface area contributed by atoms with Gasteiger partial charge in [0.1, 0.15) is 28.0 Å². The Kier molecular flexibility index (Phi) is 4.72. The van der Waals surface area contributed by atoms with Crippen LogP contribution in [-0.2, 0) is 10.0 Å². The van der Waals surface area contributed by atoms with Gasteiger partial charge in [-0.15, -0.1) is 0 Å². The van der Waals surface area contributed by atoms with Crippen molar-refractivity contribution >= 4 is 26.0 Å². The van der Waals surface area contributed by atoms with Crippen LogP contribution in [0.5, 0.6) is 0 Å². The lowest BCUT2D eigenvalue weighted by Gasteiger charge is -2.08. The van der Waals surface area contributed by atoms with E-state index in [9.17, 15) is 17.2 Å². The van der Waals surface area contributed by atoms with Gasteiger partial charge in [-0.2, -0.15) is 0 Å². The fourth-order valence-corrected chi connectivity index (χ4v) is 3.46. The number of sulfonamides is 1. The molecule has 9 heteroatoms. The molecule has 2 aromatic carbocycles. The molecule has 3 aromatic rings. The predicted octanol–water partition coefficient (Wildman–Crippen LogP) is 4.31. The van der Waals surface area contributed by atoms with Crippen LogP contribution in [0, 0.1) is 25.5 Å². The van der Waals surface area contributed by atoms with Crippen molar-refractivity contribution in [2.24, 2.45) is 5.14 Å². The second-order valence-corrected chi connectivity index (χ2v) is 8.12. The Labute approximate surface area is 157 Å². The van der Waals surface area contributed by atoms with Crippen molar-refractivity contribution in [3.8, 4) is 22.4 Å². The number of halogens is 3. The van der Waals surface area contributed by atoms with Crippen molar-refractivity contribution in [3.05, 3.63) is 57.8 Å². The third-order valence-corrected chi connectivity index (χ3v) is 5.71. The van der Waals surface area contributed by atoms with Gasteiger partial charge in [0.25, 0.3) is 0 Å². The van der Waals surface area contributed by atoms with Crippen molar-refractivity contribution in [2.45, 2.75) is 18.7 Å². The Morgan fingerprint density at radius 1 is 1.12 bits per heavy atom. The number of hydrogen-bond acceptors (Lipinski definition) is 4. The van der Waals surface area contributed by atoms with Crippen LogP contribution in [0.25, 0.3) is 22.4 Å². The minimum absolute atomic E-state index is 0.163. The summed E-state index contributed by atoms with van der Waals surface area (Å²) < 4.78 is 57.6. The van der Waals surface area contributed by atoms with Crippen LogP contribution < -0.4 is 5.14 Å². The Hall–Kier alpha value is -2.10. The quantitative estimate of drug-likeness (QED) is 0.654. The first-order valence-electron chi connectivity index (χ1n) is 7.34. The normalized spacial score (nSPS) is 11.8. The Balaban J connectivity index is 2.24. The Morgan fingerprint density at radius 3 is 2.42 bits per heavy atom. The van der Waals surface area contributed by atoms with Gasteiger partial charge < -0.3 is 4.52 Å². The van der Waals surface area contributed by atoms with Crippen molar-refractivity contribution in [1.82, 2.24) is 5.16 Å². The molecule has 136 valence electrons. The van der Waals surface area contributed by atoms with Crippen molar-refractivity contribution in [1.29, 1.82) is 0 Å². The van der Waals surface area contributed by atoms with Crippen LogP contribution >= 0.6 is 15.9 Å². The molecule has 0 atom stereocenters. The van der Waals surface area contributed by atoms with Crippen LogP contribution in [0.3, 0.4) is 0 Å².